The van der Waals surface area contributed by atoms with E-state index in [0.717, 1.165) is 12.3 Å². The van der Waals surface area contributed by atoms with Gasteiger partial charge in [0.05, 0.1) is 12.7 Å². The Hall–Kier alpha value is -0.340. The second kappa shape index (κ2) is 8.01. The van der Waals surface area contributed by atoms with E-state index in [1.807, 2.05) is 6.08 Å². The number of hydrogen-bond acceptors (Lipinski definition) is 2. The first-order valence-corrected chi connectivity index (χ1v) is 5.42. The summed E-state index contributed by atoms with van der Waals surface area (Å²) in [4.78, 5) is 0. The van der Waals surface area contributed by atoms with E-state index in [2.05, 4.69) is 20.8 Å². The fraction of sp³-hybridized carbons (Fsp3) is 0.833. The number of aliphatic hydroxyl groups excluding tert-OH is 1. The Labute approximate surface area is 88.0 Å². The number of hydrogen-bond donors (Lipinski definition) is 1. The lowest BCUT2D eigenvalue weighted by molar-refractivity contribution is 0.0626. The van der Waals surface area contributed by atoms with Crippen molar-refractivity contribution in [3.8, 4) is 0 Å². The minimum absolute atomic E-state index is 0.116. The van der Waals surface area contributed by atoms with Crippen LogP contribution >= 0.6 is 0 Å². The van der Waals surface area contributed by atoms with Gasteiger partial charge in [0.25, 0.3) is 0 Å². The van der Waals surface area contributed by atoms with Gasteiger partial charge in [-0.15, -0.1) is 0 Å². The van der Waals surface area contributed by atoms with Crippen LogP contribution in [0.3, 0.4) is 0 Å². The lowest BCUT2D eigenvalue weighted by Gasteiger charge is -2.20. The third kappa shape index (κ3) is 6.17. The van der Waals surface area contributed by atoms with Crippen LogP contribution in [0.25, 0.3) is 0 Å². The van der Waals surface area contributed by atoms with Crippen molar-refractivity contribution >= 4 is 0 Å². The maximum absolute atomic E-state index is 8.66. The Morgan fingerprint density at radius 3 is 2.29 bits per heavy atom. The van der Waals surface area contributed by atoms with Gasteiger partial charge in [-0.25, -0.2) is 0 Å². The van der Waals surface area contributed by atoms with E-state index in [-0.39, 0.29) is 12.7 Å². The quantitative estimate of drug-likeness (QED) is 0.640. The highest BCUT2D eigenvalue weighted by molar-refractivity contribution is 4.89. The summed E-state index contributed by atoms with van der Waals surface area (Å²) in [6.07, 6.45) is 6.36. The molecule has 0 saturated heterocycles. The monoisotopic (exact) mass is 200 g/mol. The standard InChI is InChI=1S/C12H24O2/c1-10(2)7-8-12(14-4)11(3)6-5-9-13/h5-6,10-13H,7-9H2,1-4H3. The molecule has 0 aromatic carbocycles. The first-order chi connectivity index (χ1) is 6.61. The maximum Gasteiger partial charge on any atom is 0.0631 e. The van der Waals surface area contributed by atoms with E-state index in [1.165, 1.54) is 6.42 Å². The van der Waals surface area contributed by atoms with Crippen molar-refractivity contribution in [3.63, 3.8) is 0 Å². The Balaban J connectivity index is 3.92. The molecule has 0 aliphatic heterocycles. The van der Waals surface area contributed by atoms with Gasteiger partial charge in [0.1, 0.15) is 0 Å². The van der Waals surface area contributed by atoms with E-state index < -0.39 is 0 Å². The summed E-state index contributed by atoms with van der Waals surface area (Å²) in [6.45, 7) is 6.69. The molecule has 2 atom stereocenters. The highest BCUT2D eigenvalue weighted by Gasteiger charge is 2.14. The minimum Gasteiger partial charge on any atom is -0.392 e. The van der Waals surface area contributed by atoms with Crippen molar-refractivity contribution in [1.29, 1.82) is 0 Å². The van der Waals surface area contributed by atoms with Crippen LogP contribution in [0.2, 0.25) is 0 Å². The number of aliphatic hydroxyl groups is 1. The molecule has 0 fully saturated rings. The fourth-order valence-electron chi connectivity index (χ4n) is 1.49. The smallest absolute Gasteiger partial charge is 0.0631 e. The molecular weight excluding hydrogens is 176 g/mol. The van der Waals surface area contributed by atoms with Gasteiger partial charge in [0.2, 0.25) is 0 Å². The predicted molar refractivity (Wildman–Crippen MR) is 60.3 cm³/mol. The van der Waals surface area contributed by atoms with Crippen LogP contribution in [-0.4, -0.2) is 24.9 Å². The van der Waals surface area contributed by atoms with Crippen LogP contribution in [0.15, 0.2) is 12.2 Å². The molecular formula is C12H24O2. The lowest BCUT2D eigenvalue weighted by Crippen LogP contribution is -2.19. The molecule has 0 bridgehead atoms. The zero-order valence-corrected chi connectivity index (χ0v) is 9.86. The number of rotatable bonds is 7. The molecule has 0 aliphatic rings. The van der Waals surface area contributed by atoms with Gasteiger partial charge in [0.15, 0.2) is 0 Å². The van der Waals surface area contributed by atoms with E-state index in [1.54, 1.807) is 13.2 Å². The van der Waals surface area contributed by atoms with Gasteiger partial charge in [-0.05, 0) is 18.8 Å². The molecule has 0 spiro atoms. The minimum atomic E-state index is 0.116. The van der Waals surface area contributed by atoms with E-state index >= 15 is 0 Å². The normalized spacial score (nSPS) is 16.4. The van der Waals surface area contributed by atoms with Crippen molar-refractivity contribution in [2.45, 2.75) is 39.7 Å². The second-order valence-electron chi connectivity index (χ2n) is 4.22. The zero-order valence-electron chi connectivity index (χ0n) is 9.86. The van der Waals surface area contributed by atoms with Crippen molar-refractivity contribution in [2.75, 3.05) is 13.7 Å². The van der Waals surface area contributed by atoms with E-state index in [9.17, 15) is 0 Å². The van der Waals surface area contributed by atoms with E-state index in [4.69, 9.17) is 9.84 Å². The van der Waals surface area contributed by atoms with E-state index in [0.29, 0.717) is 5.92 Å². The van der Waals surface area contributed by atoms with Gasteiger partial charge < -0.3 is 9.84 Å². The summed E-state index contributed by atoms with van der Waals surface area (Å²) in [5.74, 6) is 1.10. The van der Waals surface area contributed by atoms with Gasteiger partial charge in [-0.3, -0.25) is 0 Å². The van der Waals surface area contributed by atoms with Crippen molar-refractivity contribution < 1.29 is 9.84 Å². The molecule has 2 unspecified atom stereocenters. The third-order valence-electron chi connectivity index (χ3n) is 2.46. The summed E-state index contributed by atoms with van der Waals surface area (Å²) < 4.78 is 5.43. The molecule has 14 heavy (non-hydrogen) atoms. The molecule has 1 N–H and O–H groups in total. The van der Waals surface area contributed by atoms with Crippen molar-refractivity contribution in [2.24, 2.45) is 11.8 Å². The second-order valence-corrected chi connectivity index (χ2v) is 4.22. The molecule has 0 heterocycles. The SMILES string of the molecule is COC(CCC(C)C)C(C)C=CCO. The fourth-order valence-corrected chi connectivity index (χ4v) is 1.49. The molecule has 0 aliphatic carbocycles. The summed E-state index contributed by atoms with van der Waals surface area (Å²) in [6, 6.07) is 0. The van der Waals surface area contributed by atoms with Gasteiger partial charge in [0, 0.05) is 13.0 Å². The predicted octanol–water partition coefficient (Wildman–Crippen LogP) is 2.62. The number of methoxy groups -OCH3 is 1. The average molecular weight is 200 g/mol. The Morgan fingerprint density at radius 2 is 1.86 bits per heavy atom. The molecule has 84 valence electrons. The third-order valence-corrected chi connectivity index (χ3v) is 2.46. The lowest BCUT2D eigenvalue weighted by atomic mass is 9.96. The Bertz CT molecular complexity index is 152. The first-order valence-electron chi connectivity index (χ1n) is 5.42. The summed E-state index contributed by atoms with van der Waals surface area (Å²) in [5, 5.41) is 8.66. The first kappa shape index (κ1) is 13.7. The Morgan fingerprint density at radius 1 is 1.21 bits per heavy atom. The van der Waals surface area contributed by atoms with Crippen LogP contribution < -0.4 is 0 Å². The summed E-state index contributed by atoms with van der Waals surface area (Å²) in [5.41, 5.74) is 0. The van der Waals surface area contributed by atoms with Crippen LogP contribution in [0.4, 0.5) is 0 Å². The van der Waals surface area contributed by atoms with Crippen LogP contribution in [0.1, 0.15) is 33.6 Å². The van der Waals surface area contributed by atoms with Crippen molar-refractivity contribution in [1.82, 2.24) is 0 Å². The molecule has 0 radical (unpaired) electrons. The molecule has 0 aromatic heterocycles. The van der Waals surface area contributed by atoms with Gasteiger partial charge >= 0.3 is 0 Å². The Kier molecular flexibility index (Phi) is 7.81. The molecule has 2 heteroatoms. The van der Waals surface area contributed by atoms with Crippen LogP contribution in [0, 0.1) is 11.8 Å². The molecule has 0 amide bonds. The highest BCUT2D eigenvalue weighted by Crippen LogP contribution is 2.17. The summed E-state index contributed by atoms with van der Waals surface area (Å²) in [7, 11) is 1.76. The van der Waals surface area contributed by atoms with Gasteiger partial charge in [-0.2, -0.15) is 0 Å². The topological polar surface area (TPSA) is 29.5 Å². The molecule has 2 nitrogen and oxygen atoms in total. The number of ether oxygens (including phenoxy) is 1. The molecule has 0 aromatic rings. The average Bonchev–Trinajstić information content (AvgIpc) is 2.15. The zero-order chi connectivity index (χ0) is 11.0. The highest BCUT2D eigenvalue weighted by atomic mass is 16.5. The summed E-state index contributed by atoms with van der Waals surface area (Å²) >= 11 is 0. The maximum atomic E-state index is 8.66. The molecule has 0 rings (SSSR count). The van der Waals surface area contributed by atoms with Crippen molar-refractivity contribution in [3.05, 3.63) is 12.2 Å². The van der Waals surface area contributed by atoms with Crippen LogP contribution in [-0.2, 0) is 4.74 Å². The molecule has 0 saturated carbocycles. The van der Waals surface area contributed by atoms with Crippen LogP contribution in [0.5, 0.6) is 0 Å². The van der Waals surface area contributed by atoms with Gasteiger partial charge in [-0.1, -0.05) is 32.9 Å². The largest absolute Gasteiger partial charge is 0.392 e.